The maximum Gasteiger partial charge on any atom is 0.263 e. The molecule has 3 aromatic rings. The Labute approximate surface area is 159 Å². The van der Waals surface area contributed by atoms with Crippen LogP contribution in [0.15, 0.2) is 64.1 Å². The van der Waals surface area contributed by atoms with Crippen molar-refractivity contribution in [2.45, 2.75) is 18.4 Å². The van der Waals surface area contributed by atoms with Gasteiger partial charge in [0.05, 0.1) is 15.9 Å². The molecule has 0 aliphatic rings. The van der Waals surface area contributed by atoms with E-state index in [1.807, 2.05) is 19.1 Å². The maximum atomic E-state index is 12.5. The molecule has 0 aliphatic heterocycles. The molecule has 1 heterocycles. The fraction of sp³-hybridized carbons (Fsp3) is 0.118. The third-order valence-corrected chi connectivity index (χ3v) is 5.72. The van der Waals surface area contributed by atoms with Crippen LogP contribution >= 0.6 is 27.5 Å². The maximum absolute atomic E-state index is 12.5. The number of hydrogen-bond acceptors (Lipinski definition) is 3. The summed E-state index contributed by atoms with van der Waals surface area (Å²) in [5.74, 6) is 0.245. The zero-order chi connectivity index (χ0) is 18.0. The molecule has 3 rings (SSSR count). The minimum atomic E-state index is -3.69. The molecule has 1 N–H and O–H groups in total. The molecule has 0 bridgehead atoms. The molecule has 0 saturated carbocycles. The van der Waals surface area contributed by atoms with E-state index < -0.39 is 10.0 Å². The normalized spacial score (nSPS) is 11.5. The molecule has 130 valence electrons. The van der Waals surface area contributed by atoms with Crippen LogP contribution in [0.1, 0.15) is 11.1 Å². The fourth-order valence-corrected chi connectivity index (χ4v) is 3.92. The Hall–Kier alpha value is -1.83. The van der Waals surface area contributed by atoms with E-state index in [1.165, 1.54) is 0 Å². The summed E-state index contributed by atoms with van der Waals surface area (Å²) in [5, 5.41) is 4.97. The lowest BCUT2D eigenvalue weighted by Gasteiger charge is -2.06. The molecule has 2 aromatic carbocycles. The summed E-state index contributed by atoms with van der Waals surface area (Å²) in [7, 11) is -3.69. The summed E-state index contributed by atoms with van der Waals surface area (Å²) in [4.78, 5) is 0.192. The molecule has 0 radical (unpaired) electrons. The van der Waals surface area contributed by atoms with Crippen molar-refractivity contribution in [1.29, 1.82) is 0 Å². The van der Waals surface area contributed by atoms with E-state index in [9.17, 15) is 8.42 Å². The third kappa shape index (κ3) is 4.42. The SMILES string of the molecule is Cc1ccc(S(=O)(=O)Nc2nn(Cc3ccc(Cl)cc3)cc2Br)cc1. The van der Waals surface area contributed by atoms with Crippen molar-refractivity contribution >= 4 is 43.4 Å². The van der Waals surface area contributed by atoms with Gasteiger partial charge in [-0.3, -0.25) is 9.40 Å². The molecular formula is C17H15BrClN3O2S. The summed E-state index contributed by atoms with van der Waals surface area (Å²) in [5.41, 5.74) is 2.00. The van der Waals surface area contributed by atoms with Gasteiger partial charge in [0, 0.05) is 11.2 Å². The number of benzene rings is 2. The Morgan fingerprint density at radius 2 is 1.76 bits per heavy atom. The zero-order valence-electron chi connectivity index (χ0n) is 13.3. The first-order chi connectivity index (χ1) is 11.8. The van der Waals surface area contributed by atoms with E-state index in [0.717, 1.165) is 11.1 Å². The molecule has 1 aromatic heterocycles. The summed E-state index contributed by atoms with van der Waals surface area (Å²) >= 11 is 9.23. The highest BCUT2D eigenvalue weighted by Crippen LogP contribution is 2.24. The lowest BCUT2D eigenvalue weighted by molar-refractivity contribution is 0.600. The quantitative estimate of drug-likeness (QED) is 0.637. The minimum Gasteiger partial charge on any atom is -0.265 e. The van der Waals surface area contributed by atoms with Gasteiger partial charge in [-0.1, -0.05) is 41.4 Å². The van der Waals surface area contributed by atoms with E-state index in [0.29, 0.717) is 16.0 Å². The van der Waals surface area contributed by atoms with Crippen LogP contribution in [0.5, 0.6) is 0 Å². The van der Waals surface area contributed by atoms with Crippen LogP contribution in [0.3, 0.4) is 0 Å². The average Bonchev–Trinajstić information content (AvgIpc) is 2.89. The van der Waals surface area contributed by atoms with Crippen LogP contribution in [0.2, 0.25) is 5.02 Å². The molecular weight excluding hydrogens is 426 g/mol. The van der Waals surface area contributed by atoms with Crippen LogP contribution in [0, 0.1) is 6.92 Å². The molecule has 25 heavy (non-hydrogen) atoms. The van der Waals surface area contributed by atoms with Gasteiger partial charge >= 0.3 is 0 Å². The number of nitrogens with zero attached hydrogens (tertiary/aromatic N) is 2. The highest BCUT2D eigenvalue weighted by Gasteiger charge is 2.18. The monoisotopic (exact) mass is 439 g/mol. The largest absolute Gasteiger partial charge is 0.265 e. The van der Waals surface area contributed by atoms with E-state index >= 15 is 0 Å². The predicted molar refractivity (Wildman–Crippen MR) is 102 cm³/mol. The summed E-state index contributed by atoms with van der Waals surface area (Å²) in [6.07, 6.45) is 1.72. The highest BCUT2D eigenvalue weighted by atomic mass is 79.9. The molecule has 5 nitrogen and oxygen atoms in total. The number of hydrogen-bond donors (Lipinski definition) is 1. The second-order valence-electron chi connectivity index (χ2n) is 5.57. The number of sulfonamides is 1. The van der Waals surface area contributed by atoms with Crippen LogP contribution in [0.25, 0.3) is 0 Å². The van der Waals surface area contributed by atoms with E-state index in [2.05, 4.69) is 25.8 Å². The van der Waals surface area contributed by atoms with Crippen molar-refractivity contribution in [3.8, 4) is 0 Å². The molecule has 0 spiro atoms. The Morgan fingerprint density at radius 1 is 1.12 bits per heavy atom. The van der Waals surface area contributed by atoms with Gasteiger partial charge in [0.15, 0.2) is 5.82 Å². The van der Waals surface area contributed by atoms with Crippen molar-refractivity contribution < 1.29 is 8.42 Å². The second-order valence-corrected chi connectivity index (χ2v) is 8.54. The highest BCUT2D eigenvalue weighted by molar-refractivity contribution is 9.10. The number of aromatic nitrogens is 2. The van der Waals surface area contributed by atoms with E-state index in [4.69, 9.17) is 11.6 Å². The minimum absolute atomic E-state index is 0.192. The number of halogens is 2. The van der Waals surface area contributed by atoms with Gasteiger partial charge in [-0.15, -0.1) is 0 Å². The summed E-state index contributed by atoms with van der Waals surface area (Å²) in [6.45, 7) is 2.40. The zero-order valence-corrected chi connectivity index (χ0v) is 16.4. The van der Waals surface area contributed by atoms with Gasteiger partial charge in [0.25, 0.3) is 10.0 Å². The number of nitrogens with one attached hydrogen (secondary N) is 1. The van der Waals surface area contributed by atoms with Crippen LogP contribution < -0.4 is 4.72 Å². The Kier molecular flexibility index (Phi) is 5.17. The van der Waals surface area contributed by atoms with Crippen LogP contribution in [-0.4, -0.2) is 18.2 Å². The molecule has 0 amide bonds. The lowest BCUT2D eigenvalue weighted by Crippen LogP contribution is -2.14. The standard InChI is InChI=1S/C17H15BrClN3O2S/c1-12-2-8-15(9-3-12)25(23,24)21-17-16(18)11-22(20-17)10-13-4-6-14(19)7-5-13/h2-9,11H,10H2,1H3,(H,20,21). The third-order valence-electron chi connectivity index (χ3n) is 3.54. The second kappa shape index (κ2) is 7.19. The molecule has 0 unspecified atom stereocenters. The molecule has 0 fully saturated rings. The van der Waals surface area contributed by atoms with Crippen LogP contribution in [0.4, 0.5) is 5.82 Å². The smallest absolute Gasteiger partial charge is 0.263 e. The Balaban J connectivity index is 1.80. The predicted octanol–water partition coefficient (Wildman–Crippen LogP) is 4.46. The van der Waals surface area contributed by atoms with E-state index in [1.54, 1.807) is 47.3 Å². The summed E-state index contributed by atoms with van der Waals surface area (Å²) in [6, 6.07) is 14.0. The fourth-order valence-electron chi connectivity index (χ4n) is 2.23. The first kappa shape index (κ1) is 18.0. The van der Waals surface area contributed by atoms with Crippen molar-refractivity contribution in [2.24, 2.45) is 0 Å². The molecule has 0 aliphatic carbocycles. The average molecular weight is 441 g/mol. The van der Waals surface area contributed by atoms with Crippen molar-refractivity contribution in [1.82, 2.24) is 9.78 Å². The van der Waals surface area contributed by atoms with Crippen LogP contribution in [-0.2, 0) is 16.6 Å². The van der Waals surface area contributed by atoms with Gasteiger partial charge < -0.3 is 0 Å². The number of rotatable bonds is 5. The first-order valence-electron chi connectivity index (χ1n) is 7.40. The van der Waals surface area contributed by atoms with Crippen molar-refractivity contribution in [3.05, 3.63) is 75.4 Å². The van der Waals surface area contributed by atoms with Crippen molar-refractivity contribution in [3.63, 3.8) is 0 Å². The molecule has 0 atom stereocenters. The van der Waals surface area contributed by atoms with Crippen molar-refractivity contribution in [2.75, 3.05) is 4.72 Å². The Morgan fingerprint density at radius 3 is 2.40 bits per heavy atom. The van der Waals surface area contributed by atoms with Gasteiger partial charge in [-0.25, -0.2) is 8.42 Å². The number of anilines is 1. The Bertz CT molecular complexity index is 984. The summed E-state index contributed by atoms with van der Waals surface area (Å²) < 4.78 is 29.7. The van der Waals surface area contributed by atoms with Gasteiger partial charge in [0.2, 0.25) is 0 Å². The molecule has 0 saturated heterocycles. The lowest BCUT2D eigenvalue weighted by atomic mass is 10.2. The van der Waals surface area contributed by atoms with Gasteiger partial charge in [-0.2, -0.15) is 5.10 Å². The van der Waals surface area contributed by atoms with E-state index in [-0.39, 0.29) is 10.7 Å². The topological polar surface area (TPSA) is 64.0 Å². The van der Waals surface area contributed by atoms with Gasteiger partial charge in [0.1, 0.15) is 0 Å². The van der Waals surface area contributed by atoms with Gasteiger partial charge in [-0.05, 0) is 52.7 Å². The number of aryl methyl sites for hydroxylation is 1. The molecule has 8 heteroatoms. The first-order valence-corrected chi connectivity index (χ1v) is 10.1.